The summed E-state index contributed by atoms with van der Waals surface area (Å²) in [5.74, 6) is 2.52. The summed E-state index contributed by atoms with van der Waals surface area (Å²) in [6.45, 7) is 7.83. The Morgan fingerprint density at radius 3 is 2.66 bits per heavy atom. The summed E-state index contributed by atoms with van der Waals surface area (Å²) >= 11 is 0. The Morgan fingerprint density at radius 1 is 1.09 bits per heavy atom. The molecule has 1 N–H and O–H groups in total. The normalized spacial score (nSPS) is 20.2. The molecule has 35 heavy (non-hydrogen) atoms. The van der Waals surface area contributed by atoms with Crippen LogP contribution in [-0.2, 0) is 0 Å². The fraction of sp³-hybridized carbons (Fsp3) is 0.290. The van der Waals surface area contributed by atoms with Gasteiger partial charge in [-0.1, -0.05) is 55.5 Å². The first-order valence-corrected chi connectivity index (χ1v) is 12.4. The van der Waals surface area contributed by atoms with Gasteiger partial charge < -0.3 is 14.6 Å². The lowest BCUT2D eigenvalue weighted by molar-refractivity contribution is 0.259. The number of phenolic OH excluding ortho intramolecular Hbond substituents is 1. The summed E-state index contributed by atoms with van der Waals surface area (Å²) in [6.07, 6.45) is 5.47. The van der Waals surface area contributed by atoms with Crippen LogP contribution < -0.4 is 9.47 Å². The standard InChI is InChI=1S/C31H33NO3/c1-21-15-17-32(20-21)16-5-6-23-9-11-24(12-10-23)31-30(25-7-4-8-27(18-25)34-3)22(2)28-14-13-26(33)19-29(28)35-31/h4-14,18-19,21,31,33H,15-17,20H2,1-3H3/b6-5-. The molecule has 2 aliphatic rings. The molecule has 0 amide bonds. The molecule has 0 spiro atoms. The molecule has 0 bridgehead atoms. The Kier molecular flexibility index (Phi) is 6.65. The Balaban J connectivity index is 1.45. The predicted octanol–water partition coefficient (Wildman–Crippen LogP) is 6.82. The number of nitrogens with zero attached hydrogens (tertiary/aromatic N) is 1. The van der Waals surface area contributed by atoms with Crippen LogP contribution in [0.3, 0.4) is 0 Å². The van der Waals surface area contributed by atoms with E-state index < -0.39 is 0 Å². The van der Waals surface area contributed by atoms with Crippen LogP contribution >= 0.6 is 0 Å². The highest BCUT2D eigenvalue weighted by molar-refractivity contribution is 5.95. The van der Waals surface area contributed by atoms with Gasteiger partial charge in [0.05, 0.1) is 7.11 Å². The largest absolute Gasteiger partial charge is 0.508 e. The van der Waals surface area contributed by atoms with Gasteiger partial charge in [-0.2, -0.15) is 0 Å². The number of ether oxygens (including phenoxy) is 2. The van der Waals surface area contributed by atoms with Crippen molar-refractivity contribution in [2.24, 2.45) is 5.92 Å². The molecule has 4 nitrogen and oxygen atoms in total. The highest BCUT2D eigenvalue weighted by Gasteiger charge is 2.29. The SMILES string of the molecule is COc1cccc(C2=C(C)c3ccc(O)cc3OC2c2ccc(/C=C\CN3CCC(C)C3)cc2)c1. The van der Waals surface area contributed by atoms with Gasteiger partial charge in [0.15, 0.2) is 0 Å². The number of hydrogen-bond donors (Lipinski definition) is 1. The first-order valence-electron chi connectivity index (χ1n) is 12.4. The minimum Gasteiger partial charge on any atom is -0.508 e. The maximum absolute atomic E-state index is 10.1. The summed E-state index contributed by atoms with van der Waals surface area (Å²) in [5, 5.41) is 10.1. The molecule has 180 valence electrons. The van der Waals surface area contributed by atoms with E-state index in [4.69, 9.17) is 9.47 Å². The van der Waals surface area contributed by atoms with Crippen molar-refractivity contribution in [1.82, 2.24) is 4.90 Å². The lowest BCUT2D eigenvalue weighted by Crippen LogP contribution is -2.19. The molecule has 3 aromatic carbocycles. The van der Waals surface area contributed by atoms with E-state index in [1.54, 1.807) is 19.2 Å². The van der Waals surface area contributed by atoms with E-state index in [0.717, 1.165) is 46.0 Å². The van der Waals surface area contributed by atoms with Gasteiger partial charge in [0.2, 0.25) is 0 Å². The third-order valence-electron chi connectivity index (χ3n) is 7.08. The topological polar surface area (TPSA) is 41.9 Å². The van der Waals surface area contributed by atoms with E-state index in [0.29, 0.717) is 5.75 Å². The van der Waals surface area contributed by atoms with Crippen molar-refractivity contribution in [2.45, 2.75) is 26.4 Å². The zero-order valence-corrected chi connectivity index (χ0v) is 20.7. The average molecular weight is 468 g/mol. The number of benzene rings is 3. The van der Waals surface area contributed by atoms with Crippen molar-refractivity contribution in [3.63, 3.8) is 0 Å². The van der Waals surface area contributed by atoms with Crippen LogP contribution in [0.25, 0.3) is 17.2 Å². The van der Waals surface area contributed by atoms with E-state index in [1.807, 2.05) is 18.2 Å². The highest BCUT2D eigenvalue weighted by Crippen LogP contribution is 2.47. The summed E-state index contributed by atoms with van der Waals surface area (Å²) in [4.78, 5) is 2.51. The molecule has 0 aliphatic carbocycles. The molecule has 2 heterocycles. The molecule has 2 aliphatic heterocycles. The van der Waals surface area contributed by atoms with Crippen molar-refractivity contribution in [1.29, 1.82) is 0 Å². The van der Waals surface area contributed by atoms with Gasteiger partial charge in [0.25, 0.3) is 0 Å². The third kappa shape index (κ3) is 4.98. The lowest BCUT2D eigenvalue weighted by Gasteiger charge is -2.31. The fourth-order valence-electron chi connectivity index (χ4n) is 5.15. The predicted molar refractivity (Wildman–Crippen MR) is 143 cm³/mol. The number of fused-ring (bicyclic) bond motifs is 1. The molecule has 4 heteroatoms. The van der Waals surface area contributed by atoms with Crippen LogP contribution in [-0.4, -0.2) is 36.8 Å². The van der Waals surface area contributed by atoms with Crippen LogP contribution in [0.5, 0.6) is 17.2 Å². The molecule has 2 unspecified atom stereocenters. The Bertz CT molecular complexity index is 1260. The maximum atomic E-state index is 10.1. The molecule has 0 aromatic heterocycles. The molecule has 3 aromatic rings. The van der Waals surface area contributed by atoms with Crippen molar-refractivity contribution in [2.75, 3.05) is 26.7 Å². The Morgan fingerprint density at radius 2 is 1.91 bits per heavy atom. The van der Waals surface area contributed by atoms with Gasteiger partial charge >= 0.3 is 0 Å². The quantitative estimate of drug-likeness (QED) is 0.432. The molecular formula is C31H33NO3. The fourth-order valence-corrected chi connectivity index (χ4v) is 5.15. The van der Waals surface area contributed by atoms with Crippen molar-refractivity contribution >= 4 is 17.2 Å². The van der Waals surface area contributed by atoms with Crippen molar-refractivity contribution < 1.29 is 14.6 Å². The number of methoxy groups -OCH3 is 1. The monoisotopic (exact) mass is 467 g/mol. The molecule has 1 saturated heterocycles. The van der Waals surface area contributed by atoms with E-state index in [-0.39, 0.29) is 11.9 Å². The third-order valence-corrected chi connectivity index (χ3v) is 7.08. The maximum Gasteiger partial charge on any atom is 0.150 e. The van der Waals surface area contributed by atoms with E-state index in [2.05, 4.69) is 67.3 Å². The second-order valence-electron chi connectivity index (χ2n) is 9.67. The molecule has 1 fully saturated rings. The van der Waals surface area contributed by atoms with Crippen LogP contribution in [0.4, 0.5) is 0 Å². The number of aromatic hydroxyl groups is 1. The number of hydrogen-bond acceptors (Lipinski definition) is 4. The van der Waals surface area contributed by atoms with Gasteiger partial charge in [0, 0.05) is 30.3 Å². The summed E-state index contributed by atoms with van der Waals surface area (Å²) in [6, 6.07) is 22.0. The summed E-state index contributed by atoms with van der Waals surface area (Å²) < 4.78 is 12.0. The number of phenols is 1. The van der Waals surface area contributed by atoms with Gasteiger partial charge in [-0.05, 0) is 72.3 Å². The lowest BCUT2D eigenvalue weighted by atomic mass is 9.86. The number of likely N-dealkylation sites (tertiary alicyclic amines) is 1. The molecule has 0 radical (unpaired) electrons. The van der Waals surface area contributed by atoms with E-state index in [1.165, 1.54) is 25.1 Å². The van der Waals surface area contributed by atoms with Crippen LogP contribution in [0, 0.1) is 5.92 Å². The van der Waals surface area contributed by atoms with Crippen molar-refractivity contribution in [3.8, 4) is 17.2 Å². The van der Waals surface area contributed by atoms with Gasteiger partial charge in [-0.25, -0.2) is 0 Å². The minimum atomic E-state index is -0.291. The molecule has 5 rings (SSSR count). The number of allylic oxidation sites excluding steroid dienone is 1. The van der Waals surface area contributed by atoms with Crippen LogP contribution in [0.2, 0.25) is 0 Å². The number of rotatable bonds is 6. The second-order valence-corrected chi connectivity index (χ2v) is 9.67. The van der Waals surface area contributed by atoms with E-state index in [9.17, 15) is 5.11 Å². The highest BCUT2D eigenvalue weighted by atomic mass is 16.5. The Labute approximate surface area is 208 Å². The Hall–Kier alpha value is -3.50. The van der Waals surface area contributed by atoms with Gasteiger partial charge in [-0.15, -0.1) is 0 Å². The summed E-state index contributed by atoms with van der Waals surface area (Å²) in [5.41, 5.74) is 6.55. The first-order chi connectivity index (χ1) is 17.0. The molecule has 2 atom stereocenters. The van der Waals surface area contributed by atoms with Crippen LogP contribution in [0.1, 0.15) is 48.6 Å². The zero-order valence-electron chi connectivity index (χ0n) is 20.7. The first kappa shape index (κ1) is 23.3. The zero-order chi connectivity index (χ0) is 24.4. The smallest absolute Gasteiger partial charge is 0.150 e. The minimum absolute atomic E-state index is 0.202. The van der Waals surface area contributed by atoms with Crippen LogP contribution in [0.15, 0.2) is 72.8 Å². The molecular weight excluding hydrogens is 434 g/mol. The average Bonchev–Trinajstić information content (AvgIpc) is 3.29. The van der Waals surface area contributed by atoms with E-state index >= 15 is 0 Å². The van der Waals surface area contributed by atoms with Gasteiger partial charge in [0.1, 0.15) is 23.4 Å². The summed E-state index contributed by atoms with van der Waals surface area (Å²) in [7, 11) is 1.68. The van der Waals surface area contributed by atoms with Gasteiger partial charge in [-0.3, -0.25) is 4.90 Å². The molecule has 0 saturated carbocycles. The second kappa shape index (κ2) is 10.0. The van der Waals surface area contributed by atoms with Crippen molar-refractivity contribution in [3.05, 3.63) is 95.1 Å².